The Morgan fingerprint density at radius 3 is 2.65 bits per heavy atom. The van der Waals surface area contributed by atoms with Gasteiger partial charge in [0.1, 0.15) is 24.6 Å². The largest absolute Gasteiger partial charge is 0.479 e. The minimum absolute atomic E-state index is 0.00941. The fraction of sp³-hybridized carbons (Fsp3) is 0.200. The number of hydrogen-bond acceptors (Lipinski definition) is 8. The summed E-state index contributed by atoms with van der Waals surface area (Å²) < 4.78 is 45.3. The third-order valence-corrected chi connectivity index (χ3v) is 7.48. The number of nitrogen functional groups attached to an aromatic ring is 1. The lowest BCUT2D eigenvalue weighted by Crippen LogP contribution is -2.55. The van der Waals surface area contributed by atoms with Gasteiger partial charge in [0.2, 0.25) is 23.4 Å². The number of aromatic nitrogens is 4. The fourth-order valence-corrected chi connectivity index (χ4v) is 4.98. The highest BCUT2D eigenvalue weighted by atomic mass is 19.2. The Kier molecular flexibility index (Phi) is 7.12. The van der Waals surface area contributed by atoms with Gasteiger partial charge in [-0.1, -0.05) is 6.07 Å². The SMILES string of the molecule is COc1nc(Oc2cccc(F)c2F)ccc1-n1ncc(C(=O)c2cc3cc(C(=O)[N+]4(C)CCOCC4)ccc3[nH]2)c1N. The molecule has 1 aliphatic heterocycles. The summed E-state index contributed by atoms with van der Waals surface area (Å²) >= 11 is 0. The number of carbonyl (C=O) groups excluding carboxylic acids is 2. The van der Waals surface area contributed by atoms with Crippen molar-refractivity contribution < 1.29 is 37.1 Å². The molecule has 5 aromatic rings. The molecule has 0 unspecified atom stereocenters. The minimum Gasteiger partial charge on any atom is -0.479 e. The molecular weight excluding hydrogens is 562 g/mol. The van der Waals surface area contributed by atoms with E-state index in [1.54, 1.807) is 24.3 Å². The number of quaternary nitrogens is 1. The molecule has 3 N–H and O–H groups in total. The number of halogens is 2. The number of pyridine rings is 1. The molecule has 4 heterocycles. The molecule has 2 aromatic carbocycles. The number of ether oxygens (including phenoxy) is 3. The van der Waals surface area contributed by atoms with Crippen molar-refractivity contribution in [2.45, 2.75) is 0 Å². The van der Waals surface area contributed by atoms with Crippen molar-refractivity contribution >= 4 is 28.4 Å². The third kappa shape index (κ3) is 5.08. The quantitative estimate of drug-likeness (QED) is 0.213. The van der Waals surface area contributed by atoms with Gasteiger partial charge in [-0.3, -0.25) is 9.28 Å². The van der Waals surface area contributed by atoms with Gasteiger partial charge in [-0.2, -0.15) is 14.5 Å². The molecule has 1 fully saturated rings. The maximum Gasteiger partial charge on any atom is 0.345 e. The first-order valence-electron chi connectivity index (χ1n) is 13.3. The normalized spacial score (nSPS) is 14.5. The number of anilines is 1. The van der Waals surface area contributed by atoms with Gasteiger partial charge < -0.3 is 24.9 Å². The molecule has 0 saturated carbocycles. The van der Waals surface area contributed by atoms with Crippen molar-refractivity contribution in [1.29, 1.82) is 0 Å². The number of aromatic amines is 1. The van der Waals surface area contributed by atoms with E-state index in [1.165, 1.54) is 42.3 Å². The van der Waals surface area contributed by atoms with Crippen LogP contribution >= 0.6 is 0 Å². The number of nitrogens with one attached hydrogen (secondary N) is 1. The van der Waals surface area contributed by atoms with Gasteiger partial charge in [-0.25, -0.2) is 13.9 Å². The van der Waals surface area contributed by atoms with Crippen LogP contribution in [0.25, 0.3) is 16.6 Å². The summed E-state index contributed by atoms with van der Waals surface area (Å²) in [5.41, 5.74) is 8.26. The Balaban J connectivity index is 1.26. The van der Waals surface area contributed by atoms with Crippen LogP contribution in [-0.2, 0) is 4.74 Å². The molecule has 0 atom stereocenters. The van der Waals surface area contributed by atoms with Gasteiger partial charge in [0.15, 0.2) is 11.6 Å². The predicted octanol–water partition coefficient (Wildman–Crippen LogP) is 4.26. The van der Waals surface area contributed by atoms with Crippen molar-refractivity contribution in [1.82, 2.24) is 19.7 Å². The number of nitrogens with two attached hydrogens (primary N) is 1. The minimum atomic E-state index is -1.15. The van der Waals surface area contributed by atoms with E-state index in [2.05, 4.69) is 15.1 Å². The Morgan fingerprint density at radius 2 is 1.88 bits per heavy atom. The molecule has 0 radical (unpaired) electrons. The molecule has 13 heteroatoms. The molecule has 11 nitrogen and oxygen atoms in total. The second kappa shape index (κ2) is 10.9. The van der Waals surface area contributed by atoms with Gasteiger partial charge in [0.25, 0.3) is 0 Å². The molecule has 3 aromatic heterocycles. The van der Waals surface area contributed by atoms with Crippen LogP contribution in [0.1, 0.15) is 26.4 Å². The number of benzene rings is 2. The maximum atomic E-state index is 14.1. The van der Waals surface area contributed by atoms with Crippen LogP contribution in [0.3, 0.4) is 0 Å². The zero-order valence-corrected chi connectivity index (χ0v) is 23.3. The molecule has 220 valence electrons. The van der Waals surface area contributed by atoms with E-state index in [9.17, 15) is 18.4 Å². The van der Waals surface area contributed by atoms with E-state index in [4.69, 9.17) is 19.9 Å². The first-order chi connectivity index (χ1) is 20.7. The highest BCUT2D eigenvalue weighted by Crippen LogP contribution is 2.31. The summed E-state index contributed by atoms with van der Waals surface area (Å²) in [6.07, 6.45) is 1.33. The number of morpholine rings is 1. The van der Waals surface area contributed by atoms with E-state index >= 15 is 0 Å². The summed E-state index contributed by atoms with van der Waals surface area (Å²) in [5.74, 6) is -3.00. The molecule has 1 amide bonds. The number of methoxy groups -OCH3 is 1. The monoisotopic (exact) mass is 589 g/mol. The zero-order chi connectivity index (χ0) is 30.3. The second-order valence-corrected chi connectivity index (χ2v) is 10.3. The molecule has 6 rings (SSSR count). The van der Waals surface area contributed by atoms with Crippen molar-refractivity contribution in [3.05, 3.63) is 89.2 Å². The average Bonchev–Trinajstić information content (AvgIpc) is 3.62. The zero-order valence-electron chi connectivity index (χ0n) is 23.3. The Labute approximate surface area is 244 Å². The number of fused-ring (bicyclic) bond motifs is 1. The lowest BCUT2D eigenvalue weighted by Gasteiger charge is -2.34. The standard InChI is InChI=1S/C30H26F2N6O5/c1-38(10-12-42-13-11-38)30(40)17-6-7-21-18(14-17)15-22(35-21)27(39)19-16-34-37(28(19)33)23-8-9-25(36-29(23)41-2)43-24-5-3-4-20(31)26(24)32/h3-9,14-16H,10-13H2,1-2H3,(H2-,33,34,35,39,40)/p+1. The Morgan fingerprint density at radius 1 is 1.09 bits per heavy atom. The van der Waals surface area contributed by atoms with Gasteiger partial charge in [-0.05, 0) is 42.5 Å². The summed E-state index contributed by atoms with van der Waals surface area (Å²) in [5, 5.41) is 4.97. The van der Waals surface area contributed by atoms with Crippen molar-refractivity contribution in [3.8, 4) is 23.2 Å². The van der Waals surface area contributed by atoms with Crippen LogP contribution in [0.15, 0.2) is 60.8 Å². The van der Waals surface area contributed by atoms with Crippen LogP contribution in [0.2, 0.25) is 0 Å². The van der Waals surface area contributed by atoms with Gasteiger partial charge in [0, 0.05) is 17.0 Å². The predicted molar refractivity (Wildman–Crippen MR) is 152 cm³/mol. The Bertz CT molecular complexity index is 1880. The molecule has 0 aliphatic carbocycles. The van der Waals surface area contributed by atoms with Crippen molar-refractivity contribution in [3.63, 3.8) is 0 Å². The number of hydrogen-bond donors (Lipinski definition) is 2. The van der Waals surface area contributed by atoms with E-state index in [-0.39, 0.29) is 50.7 Å². The second-order valence-electron chi connectivity index (χ2n) is 10.3. The summed E-state index contributed by atoms with van der Waals surface area (Å²) in [6.45, 7) is 2.24. The van der Waals surface area contributed by atoms with E-state index < -0.39 is 17.4 Å². The van der Waals surface area contributed by atoms with Crippen LogP contribution in [0.5, 0.6) is 17.5 Å². The van der Waals surface area contributed by atoms with Gasteiger partial charge >= 0.3 is 5.91 Å². The first kappa shape index (κ1) is 28.0. The Hall–Kier alpha value is -5.14. The summed E-state index contributed by atoms with van der Waals surface area (Å²) in [7, 11) is 3.26. The number of amides is 1. The number of likely N-dealkylation sites (N-methyl/N-ethyl adjacent to an activating group) is 1. The lowest BCUT2D eigenvalue weighted by molar-refractivity contribution is -0.837. The highest BCUT2D eigenvalue weighted by molar-refractivity contribution is 6.12. The molecule has 1 aliphatic rings. The molecule has 0 spiro atoms. The maximum absolute atomic E-state index is 14.1. The molecule has 1 saturated heterocycles. The van der Waals surface area contributed by atoms with Crippen LogP contribution < -0.4 is 15.2 Å². The summed E-state index contributed by atoms with van der Waals surface area (Å²) in [4.78, 5) is 34.0. The van der Waals surface area contributed by atoms with Crippen LogP contribution in [-0.4, -0.2) is 76.4 Å². The number of ketones is 1. The van der Waals surface area contributed by atoms with Gasteiger partial charge in [0.05, 0.1) is 50.4 Å². The summed E-state index contributed by atoms with van der Waals surface area (Å²) in [6, 6.07) is 13.4. The number of nitrogens with zero attached hydrogens (tertiary/aromatic N) is 4. The fourth-order valence-electron chi connectivity index (χ4n) is 4.98. The van der Waals surface area contributed by atoms with Crippen LogP contribution in [0.4, 0.5) is 14.6 Å². The number of rotatable bonds is 7. The topological polar surface area (TPSA) is 134 Å². The van der Waals surface area contributed by atoms with E-state index in [0.29, 0.717) is 42.8 Å². The van der Waals surface area contributed by atoms with E-state index in [0.717, 1.165) is 6.07 Å². The van der Waals surface area contributed by atoms with E-state index in [1.807, 2.05) is 7.05 Å². The first-order valence-corrected chi connectivity index (χ1v) is 13.3. The average molecular weight is 590 g/mol. The molecule has 43 heavy (non-hydrogen) atoms. The number of H-pyrrole nitrogens is 1. The third-order valence-electron chi connectivity index (χ3n) is 7.48. The van der Waals surface area contributed by atoms with Gasteiger partial charge in [-0.15, -0.1) is 0 Å². The van der Waals surface area contributed by atoms with Crippen molar-refractivity contribution in [2.75, 3.05) is 46.2 Å². The van der Waals surface area contributed by atoms with Crippen molar-refractivity contribution in [2.24, 2.45) is 0 Å². The smallest absolute Gasteiger partial charge is 0.345 e. The highest BCUT2D eigenvalue weighted by Gasteiger charge is 2.35. The number of carbonyl (C=O) groups is 2. The molecule has 0 bridgehead atoms. The lowest BCUT2D eigenvalue weighted by atomic mass is 10.1. The molecular formula is C30H27F2N6O5+. The van der Waals surface area contributed by atoms with Crippen LogP contribution in [0, 0.1) is 11.6 Å².